The largest absolute Gasteiger partial charge is 0.444 e. The Bertz CT molecular complexity index is 577. The lowest BCUT2D eigenvalue weighted by molar-refractivity contribution is -0.143. The van der Waals surface area contributed by atoms with E-state index >= 15 is 0 Å². The van der Waals surface area contributed by atoms with Crippen LogP contribution < -0.4 is 10.6 Å². The molecule has 29 heavy (non-hydrogen) atoms. The topological polar surface area (TPSA) is 69.2 Å². The molecule has 0 spiro atoms. The number of halogens is 3. The number of hydrogen-bond donors (Lipinski definition) is 2. The molecule has 2 atom stereocenters. The fraction of sp³-hybridized carbons (Fsp3) is 0.895. The second-order valence-electron chi connectivity index (χ2n) is 8.76. The number of carbonyl (C=O) groups excluding carboxylic acids is 1. The van der Waals surface area contributed by atoms with E-state index in [1.165, 1.54) is 4.90 Å². The third-order valence-corrected chi connectivity index (χ3v) is 5.00. The zero-order chi connectivity index (χ0) is 21.7. The molecule has 0 saturated carbocycles. The van der Waals surface area contributed by atoms with E-state index in [1.807, 2.05) is 20.8 Å². The van der Waals surface area contributed by atoms with E-state index in [9.17, 15) is 18.0 Å². The number of ether oxygens (including phenoxy) is 1. The van der Waals surface area contributed by atoms with Gasteiger partial charge in [0.25, 0.3) is 0 Å². The molecule has 0 aromatic heterocycles. The average molecular weight is 422 g/mol. The molecule has 0 aliphatic carbocycles. The van der Waals surface area contributed by atoms with Crippen molar-refractivity contribution in [1.82, 2.24) is 20.4 Å². The van der Waals surface area contributed by atoms with E-state index in [4.69, 9.17) is 4.74 Å². The number of carbonyl (C=O) groups is 1. The summed E-state index contributed by atoms with van der Waals surface area (Å²) in [4.78, 5) is 19.8. The Morgan fingerprint density at radius 1 is 1.17 bits per heavy atom. The number of rotatable bonds is 4. The average Bonchev–Trinajstić information content (AvgIpc) is 3.02. The molecule has 2 unspecified atom stereocenters. The van der Waals surface area contributed by atoms with E-state index in [1.54, 1.807) is 11.9 Å². The van der Waals surface area contributed by atoms with Gasteiger partial charge in [0.1, 0.15) is 5.60 Å². The highest BCUT2D eigenvalue weighted by atomic mass is 19.4. The SMILES string of the molecule is CN=C(NCC1CCCCN1C(=O)OC(C)(C)C)NC1CCN(CC(F)(F)F)C1. The van der Waals surface area contributed by atoms with Crippen molar-refractivity contribution in [3.8, 4) is 0 Å². The van der Waals surface area contributed by atoms with Gasteiger partial charge in [0.15, 0.2) is 5.96 Å². The van der Waals surface area contributed by atoms with Crippen molar-refractivity contribution in [2.45, 2.75) is 70.3 Å². The Labute approximate surface area is 171 Å². The van der Waals surface area contributed by atoms with Crippen LogP contribution in [-0.2, 0) is 4.74 Å². The first kappa shape index (κ1) is 23.6. The summed E-state index contributed by atoms with van der Waals surface area (Å²) >= 11 is 0. The van der Waals surface area contributed by atoms with Crippen LogP contribution in [0.15, 0.2) is 4.99 Å². The van der Waals surface area contributed by atoms with Crippen molar-refractivity contribution in [2.75, 3.05) is 39.8 Å². The number of alkyl halides is 3. The van der Waals surface area contributed by atoms with E-state index < -0.39 is 18.3 Å². The molecular formula is C19H34F3N5O2. The molecule has 2 N–H and O–H groups in total. The smallest absolute Gasteiger partial charge is 0.410 e. The number of likely N-dealkylation sites (tertiary alicyclic amines) is 2. The van der Waals surface area contributed by atoms with Gasteiger partial charge in [-0.15, -0.1) is 0 Å². The molecule has 168 valence electrons. The highest BCUT2D eigenvalue weighted by Gasteiger charge is 2.35. The summed E-state index contributed by atoms with van der Waals surface area (Å²) in [6.07, 6.45) is -1.02. The van der Waals surface area contributed by atoms with Gasteiger partial charge in [-0.05, 0) is 46.5 Å². The highest BCUT2D eigenvalue weighted by molar-refractivity contribution is 5.80. The predicted octanol–water partition coefficient (Wildman–Crippen LogP) is 2.58. The second kappa shape index (κ2) is 9.86. The lowest BCUT2D eigenvalue weighted by Gasteiger charge is -2.37. The van der Waals surface area contributed by atoms with E-state index in [0.717, 1.165) is 19.3 Å². The van der Waals surface area contributed by atoms with Gasteiger partial charge in [-0.1, -0.05) is 0 Å². The van der Waals surface area contributed by atoms with Gasteiger partial charge in [-0.2, -0.15) is 13.2 Å². The van der Waals surface area contributed by atoms with E-state index in [-0.39, 0.29) is 18.2 Å². The minimum Gasteiger partial charge on any atom is -0.444 e. The fourth-order valence-electron chi connectivity index (χ4n) is 3.72. The number of amides is 1. The Kier molecular flexibility index (Phi) is 8.02. The number of guanidine groups is 1. The molecular weight excluding hydrogens is 387 g/mol. The quantitative estimate of drug-likeness (QED) is 0.540. The first-order valence-corrected chi connectivity index (χ1v) is 10.2. The normalized spacial score (nSPS) is 24.5. The number of hydrogen-bond acceptors (Lipinski definition) is 4. The van der Waals surface area contributed by atoms with Crippen molar-refractivity contribution in [1.29, 1.82) is 0 Å². The van der Waals surface area contributed by atoms with Gasteiger partial charge in [0, 0.05) is 39.3 Å². The molecule has 10 heteroatoms. The van der Waals surface area contributed by atoms with Crippen molar-refractivity contribution in [3.05, 3.63) is 0 Å². The summed E-state index contributed by atoms with van der Waals surface area (Å²) in [5.41, 5.74) is -0.547. The van der Waals surface area contributed by atoms with Gasteiger partial charge in [-0.3, -0.25) is 9.89 Å². The number of aliphatic imine (C=N–C) groups is 1. The molecule has 7 nitrogen and oxygen atoms in total. The Morgan fingerprint density at radius 2 is 1.90 bits per heavy atom. The summed E-state index contributed by atoms with van der Waals surface area (Å²) in [6.45, 7) is 6.55. The van der Waals surface area contributed by atoms with E-state index in [2.05, 4.69) is 15.6 Å². The molecule has 2 fully saturated rings. The van der Waals surface area contributed by atoms with Crippen LogP contribution in [0.5, 0.6) is 0 Å². The third-order valence-electron chi connectivity index (χ3n) is 5.00. The lowest BCUT2D eigenvalue weighted by atomic mass is 10.0. The van der Waals surface area contributed by atoms with Crippen LogP contribution >= 0.6 is 0 Å². The van der Waals surface area contributed by atoms with Crippen LogP contribution in [-0.4, -0.2) is 85.5 Å². The van der Waals surface area contributed by atoms with Gasteiger partial charge in [-0.25, -0.2) is 4.79 Å². The fourth-order valence-corrected chi connectivity index (χ4v) is 3.72. The summed E-state index contributed by atoms with van der Waals surface area (Å²) < 4.78 is 43.2. The molecule has 2 heterocycles. The Morgan fingerprint density at radius 3 is 2.52 bits per heavy atom. The van der Waals surface area contributed by atoms with Crippen LogP contribution in [0.1, 0.15) is 46.5 Å². The molecule has 0 aromatic carbocycles. The van der Waals surface area contributed by atoms with Gasteiger partial charge in [0.2, 0.25) is 0 Å². The van der Waals surface area contributed by atoms with Crippen LogP contribution in [0.2, 0.25) is 0 Å². The summed E-state index contributed by atoms with van der Waals surface area (Å²) in [7, 11) is 1.63. The van der Waals surface area contributed by atoms with E-state index in [0.29, 0.717) is 38.6 Å². The summed E-state index contributed by atoms with van der Waals surface area (Å²) in [5, 5.41) is 6.42. The van der Waals surface area contributed by atoms with Gasteiger partial charge < -0.3 is 20.3 Å². The summed E-state index contributed by atoms with van der Waals surface area (Å²) in [5.74, 6) is 0.540. The molecule has 2 aliphatic rings. The van der Waals surface area contributed by atoms with Crippen molar-refractivity contribution in [2.24, 2.45) is 4.99 Å². The Balaban J connectivity index is 1.84. The van der Waals surface area contributed by atoms with Crippen LogP contribution in [0.25, 0.3) is 0 Å². The molecule has 2 saturated heterocycles. The molecule has 0 radical (unpaired) electrons. The van der Waals surface area contributed by atoms with Crippen molar-refractivity contribution >= 4 is 12.1 Å². The number of nitrogens with zero attached hydrogens (tertiary/aromatic N) is 3. The van der Waals surface area contributed by atoms with Crippen LogP contribution in [0.3, 0.4) is 0 Å². The minimum atomic E-state index is -4.18. The summed E-state index contributed by atoms with van der Waals surface area (Å²) in [6, 6.07) is -0.0979. The third kappa shape index (κ3) is 8.28. The van der Waals surface area contributed by atoms with Crippen LogP contribution in [0, 0.1) is 0 Å². The molecule has 0 aromatic rings. The van der Waals surface area contributed by atoms with Crippen molar-refractivity contribution in [3.63, 3.8) is 0 Å². The standard InChI is InChI=1S/C19H34F3N5O2/c1-18(2,3)29-17(28)27-9-6-5-7-15(27)11-24-16(23-4)25-14-8-10-26(12-14)13-19(20,21)22/h14-15H,5-13H2,1-4H3,(H2,23,24,25). The minimum absolute atomic E-state index is 0.0116. The highest BCUT2D eigenvalue weighted by Crippen LogP contribution is 2.21. The number of piperidine rings is 1. The van der Waals surface area contributed by atoms with Gasteiger partial charge in [0.05, 0.1) is 12.6 Å². The first-order valence-electron chi connectivity index (χ1n) is 10.2. The molecule has 2 aliphatic heterocycles. The maximum atomic E-state index is 12.6. The monoisotopic (exact) mass is 421 g/mol. The Hall–Kier alpha value is -1.71. The molecule has 1 amide bonds. The number of nitrogens with one attached hydrogen (secondary N) is 2. The van der Waals surface area contributed by atoms with Crippen LogP contribution in [0.4, 0.5) is 18.0 Å². The van der Waals surface area contributed by atoms with Gasteiger partial charge >= 0.3 is 12.3 Å². The molecule has 2 rings (SSSR count). The second-order valence-corrected chi connectivity index (χ2v) is 8.76. The predicted molar refractivity (Wildman–Crippen MR) is 106 cm³/mol. The van der Waals surface area contributed by atoms with Crippen molar-refractivity contribution < 1.29 is 22.7 Å². The lowest BCUT2D eigenvalue weighted by Crippen LogP contribution is -2.53. The maximum absolute atomic E-state index is 12.6. The first-order chi connectivity index (χ1) is 13.5. The zero-order valence-electron chi connectivity index (χ0n) is 17.8. The maximum Gasteiger partial charge on any atom is 0.410 e. The molecule has 0 bridgehead atoms. The zero-order valence-corrected chi connectivity index (χ0v) is 17.8.